The Morgan fingerprint density at radius 2 is 1.77 bits per heavy atom. The van der Waals surface area contributed by atoms with Crippen molar-refractivity contribution in [2.45, 2.75) is 89.6 Å². The largest absolute Gasteiger partial charge is 0.480 e. The van der Waals surface area contributed by atoms with Crippen LogP contribution in [0, 0.1) is 11.8 Å². The van der Waals surface area contributed by atoms with E-state index in [9.17, 15) is 33.9 Å². The van der Waals surface area contributed by atoms with Gasteiger partial charge in [-0.2, -0.15) is 11.8 Å². The molecule has 1 saturated heterocycles. The number of aromatic nitrogens is 2. The number of nitrogens with zero attached hydrogens (tertiary/aromatic N) is 2. The molecule has 0 aliphatic carbocycles. The number of carboxylic acid groups (broad SMARTS) is 1. The van der Waals surface area contributed by atoms with Crippen LogP contribution in [0.25, 0.3) is 0 Å². The third kappa shape index (κ3) is 12.7. The summed E-state index contributed by atoms with van der Waals surface area (Å²) < 4.78 is 0. The second-order valence-corrected chi connectivity index (χ2v) is 13.1. The molecule has 18 nitrogen and oxygen atoms in total. The van der Waals surface area contributed by atoms with Crippen molar-refractivity contribution in [3.05, 3.63) is 18.2 Å². The molecule has 19 heteroatoms. The number of rotatable bonds is 14. The minimum atomic E-state index is -1.37. The highest BCUT2D eigenvalue weighted by Crippen LogP contribution is 2.14. The first-order chi connectivity index (χ1) is 22.6. The summed E-state index contributed by atoms with van der Waals surface area (Å²) in [7, 11) is 0. The Hall–Kier alpha value is -4.39. The number of amides is 5. The van der Waals surface area contributed by atoms with Crippen LogP contribution in [0.5, 0.6) is 0 Å². The van der Waals surface area contributed by atoms with Gasteiger partial charge in [0.05, 0.1) is 12.4 Å². The molecule has 1 aliphatic rings. The van der Waals surface area contributed by atoms with E-state index in [0.717, 1.165) is 11.8 Å². The molecular formula is C29H49N11O7S. The predicted molar refractivity (Wildman–Crippen MR) is 179 cm³/mol. The number of nitrogens with two attached hydrogens (primary N) is 3. The summed E-state index contributed by atoms with van der Waals surface area (Å²) in [5.41, 5.74) is 17.2. The van der Waals surface area contributed by atoms with Crippen LogP contribution in [-0.4, -0.2) is 111 Å². The summed E-state index contributed by atoms with van der Waals surface area (Å²) in [6.45, 7) is 7.27. The highest BCUT2D eigenvalue weighted by atomic mass is 32.2. The quantitative estimate of drug-likeness (QED) is 0.0540. The zero-order valence-electron chi connectivity index (χ0n) is 27.7. The molecule has 0 bridgehead atoms. The molecule has 1 aromatic rings. The zero-order valence-corrected chi connectivity index (χ0v) is 28.5. The molecule has 2 rings (SSSR count). The number of aliphatic imine (C=N–C) groups is 1. The molecule has 48 heavy (non-hydrogen) atoms. The van der Waals surface area contributed by atoms with Gasteiger partial charge < -0.3 is 53.9 Å². The summed E-state index contributed by atoms with van der Waals surface area (Å²) >= 11 is 1.01. The number of aliphatic carboxylic acids is 1. The van der Waals surface area contributed by atoms with Crippen molar-refractivity contribution in [1.29, 1.82) is 0 Å². The summed E-state index contributed by atoms with van der Waals surface area (Å²) in [6.07, 6.45) is 4.02. The smallest absolute Gasteiger partial charge is 0.327 e. The number of hydrogen-bond acceptors (Lipinski definition) is 10. The number of carboxylic acids is 1. The van der Waals surface area contributed by atoms with E-state index in [2.05, 4.69) is 41.5 Å². The van der Waals surface area contributed by atoms with Crippen LogP contribution in [0.2, 0.25) is 0 Å². The minimum absolute atomic E-state index is 0.0147. The van der Waals surface area contributed by atoms with E-state index in [4.69, 9.17) is 17.2 Å². The number of H-pyrrole nitrogens is 1. The van der Waals surface area contributed by atoms with E-state index in [1.165, 1.54) is 12.5 Å². The van der Waals surface area contributed by atoms with E-state index in [1.54, 1.807) is 20.8 Å². The number of carbonyl (C=O) groups excluding carboxylic acids is 5. The maximum absolute atomic E-state index is 13.7. The molecule has 7 atom stereocenters. The molecule has 268 valence electrons. The van der Waals surface area contributed by atoms with Gasteiger partial charge in [-0.15, -0.1) is 0 Å². The van der Waals surface area contributed by atoms with Gasteiger partial charge in [0.2, 0.25) is 29.5 Å². The molecule has 0 radical (unpaired) electrons. The van der Waals surface area contributed by atoms with Gasteiger partial charge >= 0.3 is 5.97 Å². The van der Waals surface area contributed by atoms with Crippen molar-refractivity contribution in [3.63, 3.8) is 0 Å². The van der Waals surface area contributed by atoms with Gasteiger partial charge in [0.25, 0.3) is 0 Å². The Balaban J connectivity index is 2.31. The van der Waals surface area contributed by atoms with Crippen LogP contribution in [0.15, 0.2) is 17.5 Å². The lowest BCUT2D eigenvalue weighted by molar-refractivity contribution is -0.141. The SMILES string of the molecule is CC[C@H](C)[C@@H]1NC(=O)[C@@H](NC(=O)[C@@H](NC(=O)[C@@H](N)CCCN=C(N)N)C(C)C)CSC[C@@H](C(=O)O)NC(=O)[C@H](Cc2cnc[nH]2)NC1=O. The third-order valence-corrected chi connectivity index (χ3v) is 8.91. The molecule has 0 unspecified atom stereocenters. The van der Waals surface area contributed by atoms with Gasteiger partial charge in [-0.1, -0.05) is 34.1 Å². The fraction of sp³-hybridized carbons (Fsp3) is 0.655. The number of imidazole rings is 1. The molecule has 0 aromatic carbocycles. The molecule has 0 spiro atoms. The van der Waals surface area contributed by atoms with E-state index in [-0.39, 0.29) is 42.8 Å². The summed E-state index contributed by atoms with van der Waals surface area (Å²) in [5, 5.41) is 23.0. The number of nitrogens with one attached hydrogen (secondary N) is 6. The van der Waals surface area contributed by atoms with Gasteiger partial charge in [0, 0.05) is 36.4 Å². The first kappa shape index (κ1) is 39.8. The maximum atomic E-state index is 13.7. The number of carbonyl (C=O) groups is 6. The lowest BCUT2D eigenvalue weighted by Gasteiger charge is -2.29. The van der Waals surface area contributed by atoms with E-state index >= 15 is 0 Å². The van der Waals surface area contributed by atoms with Crippen LogP contribution >= 0.6 is 11.8 Å². The molecule has 1 aliphatic heterocycles. The molecule has 13 N–H and O–H groups in total. The normalized spacial score (nSPS) is 22.7. The first-order valence-electron chi connectivity index (χ1n) is 15.7. The highest BCUT2D eigenvalue weighted by Gasteiger charge is 2.36. The summed E-state index contributed by atoms with van der Waals surface area (Å²) in [6, 6.07) is -6.92. The van der Waals surface area contributed by atoms with Gasteiger partial charge in [0.1, 0.15) is 30.2 Å². The molecule has 1 fully saturated rings. The summed E-state index contributed by atoms with van der Waals surface area (Å²) in [4.78, 5) is 89.6. The third-order valence-electron chi connectivity index (χ3n) is 7.77. The molecule has 5 amide bonds. The van der Waals surface area contributed by atoms with Crippen molar-refractivity contribution < 1.29 is 33.9 Å². The Morgan fingerprint density at radius 3 is 2.35 bits per heavy atom. The zero-order chi connectivity index (χ0) is 36.0. The standard InChI is InChI=1S/C29H49N11O7S/c1-5-15(4)22-27(45)36-18(9-16-10-33-13-35-16)24(42)38-20(28(46)47)12-48-11-19(25(43)40-22)37-26(44)21(14(2)3)39-23(41)17(30)7-6-8-34-29(31)32/h10,13-15,17-22H,5-9,11-12,30H2,1-4H3,(H,33,35)(H,36,45)(H,37,44)(H,38,42)(H,39,41)(H,40,43)(H,46,47)(H4,31,32,34)/t15-,17-,18-,19-,20-,21-,22-/m0/s1. The Labute approximate surface area is 283 Å². The predicted octanol–water partition coefficient (Wildman–Crippen LogP) is -2.71. The lowest BCUT2D eigenvalue weighted by atomic mass is 9.97. The fourth-order valence-electron chi connectivity index (χ4n) is 4.68. The number of hydrogen-bond donors (Lipinski definition) is 10. The number of aromatic amines is 1. The minimum Gasteiger partial charge on any atom is -0.480 e. The maximum Gasteiger partial charge on any atom is 0.327 e. The van der Waals surface area contributed by atoms with Gasteiger partial charge in [-0.25, -0.2) is 9.78 Å². The topological polar surface area (TPSA) is 302 Å². The molecule has 0 saturated carbocycles. The number of thioether (sulfide) groups is 1. The Kier molecular flexibility index (Phi) is 16.1. The number of guanidine groups is 1. The van der Waals surface area contributed by atoms with Crippen molar-refractivity contribution in [2.24, 2.45) is 34.0 Å². The van der Waals surface area contributed by atoms with Crippen LogP contribution in [-0.2, 0) is 35.2 Å². The van der Waals surface area contributed by atoms with Crippen molar-refractivity contribution in [3.8, 4) is 0 Å². The Morgan fingerprint density at radius 1 is 1.06 bits per heavy atom. The fourth-order valence-corrected chi connectivity index (χ4v) is 5.75. The van der Waals surface area contributed by atoms with Crippen LogP contribution in [0.1, 0.15) is 52.7 Å². The van der Waals surface area contributed by atoms with E-state index in [1.807, 2.05) is 6.92 Å². The second-order valence-electron chi connectivity index (χ2n) is 12.0. The average molecular weight is 696 g/mol. The van der Waals surface area contributed by atoms with Gasteiger partial charge in [-0.05, 0) is 24.7 Å². The monoisotopic (exact) mass is 695 g/mol. The Bertz CT molecular complexity index is 1290. The average Bonchev–Trinajstić information content (AvgIpc) is 3.54. The molecular weight excluding hydrogens is 646 g/mol. The molecule has 1 aromatic heterocycles. The van der Waals surface area contributed by atoms with Crippen LogP contribution in [0.4, 0.5) is 0 Å². The van der Waals surface area contributed by atoms with Crippen LogP contribution in [0.3, 0.4) is 0 Å². The van der Waals surface area contributed by atoms with Gasteiger partial charge in [0.15, 0.2) is 5.96 Å². The lowest BCUT2D eigenvalue weighted by Crippen LogP contribution is -2.61. The van der Waals surface area contributed by atoms with E-state index < -0.39 is 77.7 Å². The highest BCUT2D eigenvalue weighted by molar-refractivity contribution is 7.99. The van der Waals surface area contributed by atoms with Crippen molar-refractivity contribution in [2.75, 3.05) is 18.1 Å². The van der Waals surface area contributed by atoms with Crippen molar-refractivity contribution >= 4 is 53.2 Å². The van der Waals surface area contributed by atoms with Crippen molar-refractivity contribution in [1.82, 2.24) is 36.6 Å². The molecule has 2 heterocycles. The van der Waals surface area contributed by atoms with Crippen LogP contribution < -0.4 is 43.8 Å². The second kappa shape index (κ2) is 19.4. The van der Waals surface area contributed by atoms with Gasteiger partial charge in [-0.3, -0.25) is 29.0 Å². The van der Waals surface area contributed by atoms with E-state index in [0.29, 0.717) is 18.5 Å². The first-order valence-corrected chi connectivity index (χ1v) is 16.9. The summed E-state index contributed by atoms with van der Waals surface area (Å²) in [5.74, 6) is -5.81.